The maximum atomic E-state index is 11.7. The van der Waals surface area contributed by atoms with Gasteiger partial charge in [0.25, 0.3) is 0 Å². The molecule has 3 rings (SSSR count). The van der Waals surface area contributed by atoms with Crippen molar-refractivity contribution in [3.05, 3.63) is 47.4 Å². The number of carbonyl (C=O) groups is 1. The van der Waals surface area contributed by atoms with E-state index in [1.807, 2.05) is 30.3 Å². The van der Waals surface area contributed by atoms with Crippen LogP contribution in [0.5, 0.6) is 0 Å². The maximum absolute atomic E-state index is 11.7. The quantitative estimate of drug-likeness (QED) is 0.531. The number of hydrogen-bond donors (Lipinski definition) is 2. The summed E-state index contributed by atoms with van der Waals surface area (Å²) < 4.78 is 0. The van der Waals surface area contributed by atoms with Gasteiger partial charge in [0.15, 0.2) is 10.8 Å². The summed E-state index contributed by atoms with van der Waals surface area (Å²) in [4.78, 5) is 26.5. The zero-order valence-electron chi connectivity index (χ0n) is 10.6. The smallest absolute Gasteiger partial charge is 0.303 e. The number of fused-ring (bicyclic) bond motifs is 1. The summed E-state index contributed by atoms with van der Waals surface area (Å²) >= 11 is 5.95. The predicted octanol–water partition coefficient (Wildman–Crippen LogP) is 2.00. The normalized spacial score (nSPS) is 9.95. The second-order valence-corrected chi connectivity index (χ2v) is 4.37. The van der Waals surface area contributed by atoms with E-state index in [4.69, 9.17) is 11.6 Å². The first-order valence-electron chi connectivity index (χ1n) is 5.97. The zero-order valence-corrected chi connectivity index (χ0v) is 11.3. The first-order valence-corrected chi connectivity index (χ1v) is 6.35. The second kappa shape index (κ2) is 5.61. The lowest BCUT2D eigenvalue weighted by Crippen LogP contribution is -2.11. The number of H-pyrrole nitrogens is 1. The summed E-state index contributed by atoms with van der Waals surface area (Å²) in [7, 11) is 0. The molecule has 3 aromatic rings. The van der Waals surface area contributed by atoms with E-state index in [-0.39, 0.29) is 11.1 Å². The predicted molar refractivity (Wildman–Crippen MR) is 78.6 cm³/mol. The summed E-state index contributed by atoms with van der Waals surface area (Å²) in [5.41, 5.74) is 1.64. The molecule has 0 bridgehead atoms. The Morgan fingerprint density at radius 3 is 2.86 bits per heavy atom. The van der Waals surface area contributed by atoms with Gasteiger partial charge in [0.2, 0.25) is 5.95 Å². The fraction of sp³-hybridized carbons (Fsp3) is 0. The number of imidazole rings is 1. The van der Waals surface area contributed by atoms with Crippen molar-refractivity contribution >= 4 is 34.6 Å². The Bertz CT molecular complexity index is 863. The van der Waals surface area contributed by atoms with E-state index >= 15 is 0 Å². The van der Waals surface area contributed by atoms with Gasteiger partial charge in [-0.3, -0.25) is 10.1 Å². The van der Waals surface area contributed by atoms with Gasteiger partial charge in [-0.1, -0.05) is 35.7 Å². The Morgan fingerprint density at radius 1 is 1.24 bits per heavy atom. The summed E-state index contributed by atoms with van der Waals surface area (Å²) in [6, 6.07) is 9.18. The topological polar surface area (TPSA) is 83.6 Å². The van der Waals surface area contributed by atoms with Gasteiger partial charge in [-0.2, -0.15) is 9.97 Å². The van der Waals surface area contributed by atoms with Crippen LogP contribution in [-0.2, 0) is 4.79 Å². The number of anilines is 1. The van der Waals surface area contributed by atoms with Gasteiger partial charge in [-0.15, -0.1) is 0 Å². The van der Waals surface area contributed by atoms with Crippen molar-refractivity contribution in [1.82, 2.24) is 19.9 Å². The van der Waals surface area contributed by atoms with Gasteiger partial charge in [-0.25, -0.2) is 4.98 Å². The van der Waals surface area contributed by atoms with E-state index < -0.39 is 5.91 Å². The first-order chi connectivity index (χ1) is 10.2. The summed E-state index contributed by atoms with van der Waals surface area (Å²) in [5, 5.41) is 2.65. The fourth-order valence-electron chi connectivity index (χ4n) is 1.64. The molecule has 7 heteroatoms. The van der Waals surface area contributed by atoms with Crippen LogP contribution < -0.4 is 5.32 Å². The number of carbonyl (C=O) groups excluding carboxylic acids is 1. The molecule has 0 aliphatic carbocycles. The molecule has 21 heavy (non-hydrogen) atoms. The average molecular weight is 298 g/mol. The third-order valence-electron chi connectivity index (χ3n) is 2.56. The van der Waals surface area contributed by atoms with Gasteiger partial charge in [-0.05, 0) is 12.1 Å². The van der Waals surface area contributed by atoms with Crippen molar-refractivity contribution in [2.45, 2.75) is 0 Å². The van der Waals surface area contributed by atoms with Gasteiger partial charge in [0.1, 0.15) is 5.52 Å². The lowest BCUT2D eigenvalue weighted by Gasteiger charge is -1.99. The van der Waals surface area contributed by atoms with Crippen LogP contribution in [0.1, 0.15) is 5.56 Å². The molecule has 0 spiro atoms. The Kier molecular flexibility index (Phi) is 3.50. The van der Waals surface area contributed by atoms with Gasteiger partial charge in [0.05, 0.1) is 6.33 Å². The molecule has 0 aliphatic rings. The van der Waals surface area contributed by atoms with Gasteiger partial charge >= 0.3 is 5.91 Å². The van der Waals surface area contributed by atoms with Crippen LogP contribution in [0.2, 0.25) is 5.15 Å². The number of nitrogens with one attached hydrogen (secondary N) is 2. The van der Waals surface area contributed by atoms with Crippen LogP contribution in [0.4, 0.5) is 5.95 Å². The molecule has 0 unspecified atom stereocenters. The minimum Gasteiger partial charge on any atom is -0.341 e. The molecule has 1 amide bonds. The average Bonchev–Trinajstić information content (AvgIpc) is 2.95. The highest BCUT2D eigenvalue weighted by Crippen LogP contribution is 2.17. The minimum absolute atomic E-state index is 0.0620. The summed E-state index contributed by atoms with van der Waals surface area (Å²) in [6.07, 6.45) is 1.45. The molecule has 2 heterocycles. The molecule has 0 aliphatic heterocycles. The Labute approximate surface area is 124 Å². The van der Waals surface area contributed by atoms with E-state index in [0.29, 0.717) is 11.2 Å². The zero-order chi connectivity index (χ0) is 14.7. The third kappa shape index (κ3) is 2.99. The number of nitrogens with zero attached hydrogens (tertiary/aromatic N) is 3. The second-order valence-electron chi connectivity index (χ2n) is 4.01. The van der Waals surface area contributed by atoms with E-state index in [9.17, 15) is 4.79 Å². The molecule has 2 N–H and O–H groups in total. The summed E-state index contributed by atoms with van der Waals surface area (Å²) in [5.74, 6) is 4.74. The Morgan fingerprint density at radius 2 is 2.05 bits per heavy atom. The van der Waals surface area contributed by atoms with Crippen LogP contribution in [-0.4, -0.2) is 25.8 Å². The first kappa shape index (κ1) is 13.1. The van der Waals surface area contributed by atoms with Crippen molar-refractivity contribution in [2.75, 3.05) is 5.32 Å². The fourth-order valence-corrected chi connectivity index (χ4v) is 1.86. The van der Waals surface area contributed by atoms with E-state index in [0.717, 1.165) is 5.56 Å². The number of benzene rings is 1. The summed E-state index contributed by atoms with van der Waals surface area (Å²) in [6.45, 7) is 0. The number of rotatable bonds is 1. The molecule has 6 nitrogen and oxygen atoms in total. The van der Waals surface area contributed by atoms with Crippen LogP contribution in [0, 0.1) is 11.8 Å². The van der Waals surface area contributed by atoms with Crippen molar-refractivity contribution in [3.63, 3.8) is 0 Å². The lowest BCUT2D eigenvalue weighted by molar-refractivity contribution is -0.111. The largest absolute Gasteiger partial charge is 0.341 e. The van der Waals surface area contributed by atoms with Crippen LogP contribution in [0.15, 0.2) is 36.7 Å². The third-order valence-corrected chi connectivity index (χ3v) is 2.83. The van der Waals surface area contributed by atoms with E-state index in [1.54, 1.807) is 0 Å². The maximum Gasteiger partial charge on any atom is 0.303 e. The molecule has 102 valence electrons. The molecule has 0 atom stereocenters. The number of halogens is 1. The molecule has 0 saturated carbocycles. The number of hydrogen-bond acceptors (Lipinski definition) is 4. The molecule has 1 aromatic carbocycles. The Balaban J connectivity index is 1.79. The van der Waals surface area contributed by atoms with Crippen molar-refractivity contribution in [3.8, 4) is 11.8 Å². The standard InChI is InChI=1S/C14H8ClN5O/c15-12-11-13(17-8-16-11)20-14(19-12)18-10(21)7-6-9-4-2-1-3-5-9/h1-5,8H,(H2,16,17,18,19,20,21). The number of amides is 1. The molecule has 0 radical (unpaired) electrons. The number of aromatic nitrogens is 4. The highest BCUT2D eigenvalue weighted by atomic mass is 35.5. The lowest BCUT2D eigenvalue weighted by atomic mass is 10.2. The van der Waals surface area contributed by atoms with Gasteiger partial charge in [0, 0.05) is 11.5 Å². The molecule has 0 saturated heterocycles. The minimum atomic E-state index is -0.523. The van der Waals surface area contributed by atoms with Crippen LogP contribution >= 0.6 is 11.6 Å². The van der Waals surface area contributed by atoms with Crippen LogP contribution in [0.3, 0.4) is 0 Å². The number of aromatic amines is 1. The van der Waals surface area contributed by atoms with Crippen LogP contribution in [0.25, 0.3) is 11.2 Å². The molecule has 0 fully saturated rings. The van der Waals surface area contributed by atoms with Gasteiger partial charge < -0.3 is 4.98 Å². The monoisotopic (exact) mass is 297 g/mol. The highest BCUT2D eigenvalue weighted by Gasteiger charge is 2.09. The van der Waals surface area contributed by atoms with E-state index in [1.165, 1.54) is 6.33 Å². The van der Waals surface area contributed by atoms with E-state index in [2.05, 4.69) is 37.1 Å². The Hall–Kier alpha value is -2.91. The van der Waals surface area contributed by atoms with Crippen molar-refractivity contribution in [2.24, 2.45) is 0 Å². The molecule has 2 aromatic heterocycles. The van der Waals surface area contributed by atoms with Crippen molar-refractivity contribution < 1.29 is 4.79 Å². The highest BCUT2D eigenvalue weighted by molar-refractivity contribution is 6.33. The molecular weight excluding hydrogens is 290 g/mol. The van der Waals surface area contributed by atoms with Crippen molar-refractivity contribution in [1.29, 1.82) is 0 Å². The molecular formula is C14H8ClN5O. The SMILES string of the molecule is O=C(C#Cc1ccccc1)Nc1nc(Cl)c2[nH]cnc2n1.